The lowest BCUT2D eigenvalue weighted by Crippen LogP contribution is -2.27. The second-order valence-electron chi connectivity index (χ2n) is 5.47. The Balaban J connectivity index is 1.82. The zero-order valence-corrected chi connectivity index (χ0v) is 11.9. The van der Waals surface area contributed by atoms with Crippen molar-refractivity contribution in [3.63, 3.8) is 0 Å². The fourth-order valence-electron chi connectivity index (χ4n) is 3.17. The number of aryl methyl sites for hydroxylation is 1. The summed E-state index contributed by atoms with van der Waals surface area (Å²) in [4.78, 5) is 15.9. The van der Waals surface area contributed by atoms with Gasteiger partial charge < -0.3 is 9.67 Å². The van der Waals surface area contributed by atoms with Crippen LogP contribution in [0, 0.1) is 0 Å². The first-order valence-electron chi connectivity index (χ1n) is 7.15. The van der Waals surface area contributed by atoms with Crippen molar-refractivity contribution >= 4 is 17.7 Å². The third-order valence-electron chi connectivity index (χ3n) is 4.14. The average molecular weight is 280 g/mol. The lowest BCUT2D eigenvalue weighted by molar-refractivity contribution is -0.141. The molecule has 1 N–H and O–H groups in total. The molecule has 3 heterocycles. The zero-order chi connectivity index (χ0) is 13.2. The minimum Gasteiger partial charge on any atom is -0.480 e. The number of aliphatic carboxylic acids is 1. The van der Waals surface area contributed by atoms with Crippen LogP contribution in [0.25, 0.3) is 0 Å². The molecule has 2 unspecified atom stereocenters. The second kappa shape index (κ2) is 5.57. The van der Waals surface area contributed by atoms with Crippen LogP contribution in [0.5, 0.6) is 0 Å². The summed E-state index contributed by atoms with van der Waals surface area (Å²) in [6.07, 6.45) is 9.33. The van der Waals surface area contributed by atoms with Crippen molar-refractivity contribution in [3.8, 4) is 0 Å². The van der Waals surface area contributed by atoms with Crippen LogP contribution in [0.15, 0.2) is 6.20 Å². The minimum atomic E-state index is -0.712. The fraction of sp³-hybridized carbons (Fsp3) is 0.714. The molecule has 0 saturated carbocycles. The standard InChI is InChI=1S/C14H20N2O2S/c17-14(18)12-6-3-4-10-9-15-13(16(10)12)8-11-5-1-2-7-19-11/h9,11-12H,1-8H2,(H,17,18). The molecular weight excluding hydrogens is 260 g/mol. The fourth-order valence-corrected chi connectivity index (χ4v) is 4.47. The van der Waals surface area contributed by atoms with E-state index in [9.17, 15) is 9.90 Å². The van der Waals surface area contributed by atoms with Gasteiger partial charge in [0.25, 0.3) is 0 Å². The van der Waals surface area contributed by atoms with Crippen LogP contribution < -0.4 is 0 Å². The van der Waals surface area contributed by atoms with Crippen molar-refractivity contribution in [1.82, 2.24) is 9.55 Å². The number of carboxylic acid groups (broad SMARTS) is 1. The van der Waals surface area contributed by atoms with Crippen LogP contribution in [0.3, 0.4) is 0 Å². The number of thioether (sulfide) groups is 1. The van der Waals surface area contributed by atoms with Gasteiger partial charge in [0, 0.05) is 23.6 Å². The highest BCUT2D eigenvalue weighted by molar-refractivity contribution is 7.99. The number of hydrogen-bond acceptors (Lipinski definition) is 3. The van der Waals surface area contributed by atoms with Gasteiger partial charge in [-0.3, -0.25) is 0 Å². The van der Waals surface area contributed by atoms with Gasteiger partial charge in [0.15, 0.2) is 0 Å². The van der Waals surface area contributed by atoms with Crippen LogP contribution in [-0.4, -0.2) is 31.6 Å². The molecule has 4 nitrogen and oxygen atoms in total. The Morgan fingerprint density at radius 1 is 1.42 bits per heavy atom. The largest absolute Gasteiger partial charge is 0.480 e. The Labute approximate surface area is 117 Å². The lowest BCUT2D eigenvalue weighted by atomic mass is 10.0. The summed E-state index contributed by atoms with van der Waals surface area (Å²) < 4.78 is 2.00. The van der Waals surface area contributed by atoms with Crippen molar-refractivity contribution in [3.05, 3.63) is 17.7 Å². The maximum atomic E-state index is 11.4. The van der Waals surface area contributed by atoms with E-state index in [2.05, 4.69) is 4.98 Å². The Kier molecular flexibility index (Phi) is 3.82. The predicted octanol–water partition coefficient (Wildman–Crippen LogP) is 2.67. The van der Waals surface area contributed by atoms with Crippen molar-refractivity contribution < 1.29 is 9.90 Å². The van der Waals surface area contributed by atoms with Gasteiger partial charge in [-0.2, -0.15) is 11.8 Å². The van der Waals surface area contributed by atoms with Gasteiger partial charge >= 0.3 is 5.97 Å². The normalized spacial score (nSPS) is 26.9. The SMILES string of the molecule is O=C(O)C1CCCc2cnc(CC3CCCCS3)n21. The van der Waals surface area contributed by atoms with E-state index < -0.39 is 12.0 Å². The summed E-state index contributed by atoms with van der Waals surface area (Å²) in [5.74, 6) is 1.51. The Hall–Kier alpha value is -0.970. The number of fused-ring (bicyclic) bond motifs is 1. The summed E-state index contributed by atoms with van der Waals surface area (Å²) in [5.41, 5.74) is 1.11. The van der Waals surface area contributed by atoms with Crippen molar-refractivity contribution in [2.45, 2.75) is 56.2 Å². The molecule has 0 spiro atoms. The Morgan fingerprint density at radius 2 is 2.32 bits per heavy atom. The molecule has 3 rings (SSSR count). The topological polar surface area (TPSA) is 55.1 Å². The number of aromatic nitrogens is 2. The molecule has 2 atom stereocenters. The predicted molar refractivity (Wildman–Crippen MR) is 75.6 cm³/mol. The Bertz CT molecular complexity index is 466. The van der Waals surface area contributed by atoms with Crippen LogP contribution in [0.2, 0.25) is 0 Å². The van der Waals surface area contributed by atoms with Gasteiger partial charge in [-0.05, 0) is 37.9 Å². The van der Waals surface area contributed by atoms with Gasteiger partial charge in [0.2, 0.25) is 0 Å². The summed E-state index contributed by atoms with van der Waals surface area (Å²) in [5, 5.41) is 10.0. The van der Waals surface area contributed by atoms with E-state index in [0.717, 1.165) is 37.2 Å². The lowest BCUT2D eigenvalue weighted by Gasteiger charge is -2.26. The summed E-state index contributed by atoms with van der Waals surface area (Å²) in [6, 6.07) is -0.394. The second-order valence-corrected chi connectivity index (χ2v) is 6.88. The molecule has 1 aromatic heterocycles. The van der Waals surface area contributed by atoms with E-state index >= 15 is 0 Å². The van der Waals surface area contributed by atoms with Gasteiger partial charge in [0.05, 0.1) is 0 Å². The number of carbonyl (C=O) groups is 1. The number of rotatable bonds is 3. The van der Waals surface area contributed by atoms with Gasteiger partial charge in [0.1, 0.15) is 11.9 Å². The summed E-state index contributed by atoms with van der Waals surface area (Å²) >= 11 is 2.02. The molecule has 1 aromatic rings. The maximum Gasteiger partial charge on any atom is 0.326 e. The summed E-state index contributed by atoms with van der Waals surface area (Å²) in [6.45, 7) is 0. The van der Waals surface area contributed by atoms with Crippen LogP contribution in [-0.2, 0) is 17.6 Å². The van der Waals surface area contributed by atoms with E-state index in [4.69, 9.17) is 0 Å². The molecule has 1 fully saturated rings. The van der Waals surface area contributed by atoms with Gasteiger partial charge in [-0.1, -0.05) is 6.42 Å². The molecule has 0 bridgehead atoms. The van der Waals surface area contributed by atoms with E-state index in [1.54, 1.807) is 0 Å². The number of nitrogens with zero attached hydrogens (tertiary/aromatic N) is 2. The first-order chi connectivity index (χ1) is 9.25. The molecular formula is C14H20N2O2S. The molecule has 0 aromatic carbocycles. The van der Waals surface area contributed by atoms with Gasteiger partial charge in [-0.25, -0.2) is 9.78 Å². The van der Waals surface area contributed by atoms with Crippen molar-refractivity contribution in [1.29, 1.82) is 0 Å². The number of hydrogen-bond donors (Lipinski definition) is 1. The molecule has 2 aliphatic heterocycles. The Morgan fingerprint density at radius 3 is 3.05 bits per heavy atom. The molecule has 0 amide bonds. The molecule has 0 radical (unpaired) electrons. The molecule has 2 aliphatic rings. The maximum absolute atomic E-state index is 11.4. The third-order valence-corrected chi connectivity index (χ3v) is 5.54. The van der Waals surface area contributed by atoms with Crippen molar-refractivity contribution in [2.24, 2.45) is 0 Å². The van der Waals surface area contributed by atoms with E-state index in [-0.39, 0.29) is 0 Å². The molecule has 0 aliphatic carbocycles. The minimum absolute atomic E-state index is 0.394. The quantitative estimate of drug-likeness (QED) is 0.925. The highest BCUT2D eigenvalue weighted by Crippen LogP contribution is 2.31. The molecule has 19 heavy (non-hydrogen) atoms. The monoisotopic (exact) mass is 280 g/mol. The molecule has 5 heteroatoms. The summed E-state index contributed by atoms with van der Waals surface area (Å²) in [7, 11) is 0. The smallest absolute Gasteiger partial charge is 0.326 e. The first kappa shape index (κ1) is 13.0. The molecule has 104 valence electrons. The average Bonchev–Trinajstić information content (AvgIpc) is 2.83. The third kappa shape index (κ3) is 2.66. The van der Waals surface area contributed by atoms with Crippen molar-refractivity contribution in [2.75, 3.05) is 5.75 Å². The highest BCUT2D eigenvalue weighted by atomic mass is 32.2. The zero-order valence-electron chi connectivity index (χ0n) is 11.0. The van der Waals surface area contributed by atoms with E-state index in [1.165, 1.54) is 25.0 Å². The first-order valence-corrected chi connectivity index (χ1v) is 8.20. The van der Waals surface area contributed by atoms with E-state index in [0.29, 0.717) is 5.25 Å². The number of carboxylic acids is 1. The van der Waals surface area contributed by atoms with E-state index in [1.807, 2.05) is 22.5 Å². The van der Waals surface area contributed by atoms with Crippen LogP contribution >= 0.6 is 11.8 Å². The van der Waals surface area contributed by atoms with Crippen LogP contribution in [0.4, 0.5) is 0 Å². The number of imidazole rings is 1. The molecule has 1 saturated heterocycles. The van der Waals surface area contributed by atoms with Crippen LogP contribution in [0.1, 0.15) is 49.7 Å². The van der Waals surface area contributed by atoms with Gasteiger partial charge in [-0.15, -0.1) is 0 Å². The highest BCUT2D eigenvalue weighted by Gasteiger charge is 2.29.